The molecule has 1 atom stereocenters. The summed E-state index contributed by atoms with van der Waals surface area (Å²) in [6.45, 7) is 1.83. The molecule has 0 aliphatic carbocycles. The third-order valence-corrected chi connectivity index (χ3v) is 2.95. The Kier molecular flexibility index (Phi) is 5.50. The number of thioether (sulfide) groups is 1. The zero-order chi connectivity index (χ0) is 12.7. The van der Waals surface area contributed by atoms with E-state index in [1.807, 2.05) is 13.0 Å². The van der Waals surface area contributed by atoms with Gasteiger partial charge in [-0.25, -0.2) is 4.39 Å². The van der Waals surface area contributed by atoms with Crippen molar-refractivity contribution in [2.24, 2.45) is 0 Å². The van der Waals surface area contributed by atoms with Gasteiger partial charge in [0.05, 0.1) is 23.6 Å². The van der Waals surface area contributed by atoms with Crippen LogP contribution in [0.4, 0.5) is 4.39 Å². The van der Waals surface area contributed by atoms with Crippen LogP contribution in [0.15, 0.2) is 24.3 Å². The molecule has 90 valence electrons. The van der Waals surface area contributed by atoms with Crippen LogP contribution in [0.3, 0.4) is 0 Å². The Labute approximate surface area is 104 Å². The minimum atomic E-state index is -0.295. The number of rotatable bonds is 5. The van der Waals surface area contributed by atoms with E-state index in [9.17, 15) is 9.18 Å². The molecule has 5 heteroatoms. The molecule has 0 aliphatic heterocycles. The van der Waals surface area contributed by atoms with E-state index in [4.69, 9.17) is 5.26 Å². The summed E-state index contributed by atoms with van der Waals surface area (Å²) >= 11 is 1.27. The van der Waals surface area contributed by atoms with Crippen LogP contribution < -0.4 is 5.32 Å². The molecule has 3 nitrogen and oxygen atoms in total. The van der Waals surface area contributed by atoms with Crippen LogP contribution in [0, 0.1) is 17.1 Å². The normalized spacial score (nSPS) is 11.6. The first-order valence-electron chi connectivity index (χ1n) is 5.13. The highest BCUT2D eigenvalue weighted by molar-refractivity contribution is 8.00. The highest BCUT2D eigenvalue weighted by Crippen LogP contribution is 2.13. The maximum Gasteiger partial charge on any atom is 0.230 e. The average Bonchev–Trinajstić information content (AvgIpc) is 2.30. The average molecular weight is 252 g/mol. The van der Waals surface area contributed by atoms with Crippen LogP contribution in [0.5, 0.6) is 0 Å². The quantitative estimate of drug-likeness (QED) is 0.818. The molecule has 0 aromatic heterocycles. The number of carbonyl (C=O) groups is 1. The maximum atomic E-state index is 12.7. The lowest BCUT2D eigenvalue weighted by atomic mass is 10.1. The predicted molar refractivity (Wildman–Crippen MR) is 65.9 cm³/mol. The number of halogens is 1. The lowest BCUT2D eigenvalue weighted by Crippen LogP contribution is -2.28. The fraction of sp³-hybridized carbons (Fsp3) is 0.333. The second kappa shape index (κ2) is 6.92. The van der Waals surface area contributed by atoms with Crippen LogP contribution in [0.1, 0.15) is 18.5 Å². The first-order valence-corrected chi connectivity index (χ1v) is 6.28. The second-order valence-corrected chi connectivity index (χ2v) is 4.48. The van der Waals surface area contributed by atoms with Crippen LogP contribution in [0.2, 0.25) is 0 Å². The number of benzene rings is 1. The summed E-state index contributed by atoms with van der Waals surface area (Å²) in [5.41, 5.74) is 0.852. The summed E-state index contributed by atoms with van der Waals surface area (Å²) < 4.78 is 12.7. The van der Waals surface area contributed by atoms with Crippen molar-refractivity contribution in [3.63, 3.8) is 0 Å². The van der Waals surface area contributed by atoms with E-state index in [-0.39, 0.29) is 23.5 Å². The van der Waals surface area contributed by atoms with Gasteiger partial charge in [-0.05, 0) is 24.6 Å². The molecule has 0 bridgehead atoms. The molecule has 1 aromatic carbocycles. The number of nitriles is 1. The van der Waals surface area contributed by atoms with Crippen molar-refractivity contribution >= 4 is 17.7 Å². The Morgan fingerprint density at radius 3 is 2.76 bits per heavy atom. The van der Waals surface area contributed by atoms with E-state index in [0.29, 0.717) is 5.75 Å². The van der Waals surface area contributed by atoms with Gasteiger partial charge in [0.1, 0.15) is 5.82 Å². The molecule has 17 heavy (non-hydrogen) atoms. The van der Waals surface area contributed by atoms with Crippen molar-refractivity contribution in [3.05, 3.63) is 35.6 Å². The largest absolute Gasteiger partial charge is 0.349 e. The number of nitrogens with zero attached hydrogens (tertiary/aromatic N) is 1. The van der Waals surface area contributed by atoms with E-state index < -0.39 is 0 Å². The number of hydrogen-bond donors (Lipinski definition) is 1. The second-order valence-electron chi connectivity index (χ2n) is 3.49. The van der Waals surface area contributed by atoms with Gasteiger partial charge in [-0.15, -0.1) is 11.8 Å². The number of carbonyl (C=O) groups excluding carboxylic acids is 1. The lowest BCUT2D eigenvalue weighted by molar-refractivity contribution is -0.119. The van der Waals surface area contributed by atoms with Gasteiger partial charge in [-0.1, -0.05) is 12.1 Å². The van der Waals surface area contributed by atoms with E-state index in [0.717, 1.165) is 5.56 Å². The van der Waals surface area contributed by atoms with Crippen LogP contribution >= 0.6 is 11.8 Å². The van der Waals surface area contributed by atoms with Crippen LogP contribution in [0.25, 0.3) is 0 Å². The van der Waals surface area contributed by atoms with E-state index in [1.165, 1.54) is 23.9 Å². The minimum absolute atomic E-state index is 0.123. The number of hydrogen-bond acceptors (Lipinski definition) is 3. The standard InChI is InChI=1S/C12H13FN2OS/c1-9(10-2-4-11(13)5-3-10)15-12(16)8-17-7-6-14/h2-5,9H,7-8H2,1H3,(H,15,16)/t9-/m0/s1. The minimum Gasteiger partial charge on any atom is -0.349 e. The molecule has 0 heterocycles. The van der Waals surface area contributed by atoms with Crippen molar-refractivity contribution < 1.29 is 9.18 Å². The third kappa shape index (κ3) is 4.87. The molecule has 1 aromatic rings. The molecule has 1 N–H and O–H groups in total. The van der Waals surface area contributed by atoms with Crippen molar-refractivity contribution in [2.45, 2.75) is 13.0 Å². The first kappa shape index (κ1) is 13.5. The summed E-state index contributed by atoms with van der Waals surface area (Å²) in [5.74, 6) is 0.149. The van der Waals surface area contributed by atoms with Gasteiger partial charge in [0, 0.05) is 0 Å². The smallest absolute Gasteiger partial charge is 0.230 e. The van der Waals surface area contributed by atoms with Crippen molar-refractivity contribution in [2.75, 3.05) is 11.5 Å². The molecule has 0 fully saturated rings. The van der Waals surface area contributed by atoms with Gasteiger partial charge < -0.3 is 5.32 Å². The van der Waals surface area contributed by atoms with E-state index >= 15 is 0 Å². The molecule has 0 unspecified atom stereocenters. The monoisotopic (exact) mass is 252 g/mol. The van der Waals surface area contributed by atoms with Gasteiger partial charge in [0.25, 0.3) is 0 Å². The molecule has 1 rings (SSSR count). The molecular formula is C12H13FN2OS. The first-order chi connectivity index (χ1) is 8.13. The summed E-state index contributed by atoms with van der Waals surface area (Å²) in [7, 11) is 0. The van der Waals surface area contributed by atoms with Crippen molar-refractivity contribution in [1.29, 1.82) is 5.26 Å². The molecule has 0 saturated carbocycles. The van der Waals surface area contributed by atoms with Gasteiger partial charge in [0.15, 0.2) is 0 Å². The molecule has 0 aliphatic rings. The molecule has 1 amide bonds. The topological polar surface area (TPSA) is 52.9 Å². The van der Waals surface area contributed by atoms with Gasteiger partial charge in [-0.3, -0.25) is 4.79 Å². The Morgan fingerprint density at radius 1 is 1.53 bits per heavy atom. The predicted octanol–water partition coefficient (Wildman–Crippen LogP) is 2.26. The molecular weight excluding hydrogens is 239 g/mol. The lowest BCUT2D eigenvalue weighted by Gasteiger charge is -2.13. The van der Waals surface area contributed by atoms with Crippen LogP contribution in [-0.4, -0.2) is 17.4 Å². The molecule has 0 saturated heterocycles. The Morgan fingerprint density at radius 2 is 2.18 bits per heavy atom. The highest BCUT2D eigenvalue weighted by Gasteiger charge is 2.09. The van der Waals surface area contributed by atoms with Crippen molar-refractivity contribution in [1.82, 2.24) is 5.32 Å². The highest BCUT2D eigenvalue weighted by atomic mass is 32.2. The van der Waals surface area contributed by atoms with Crippen molar-refractivity contribution in [3.8, 4) is 6.07 Å². The van der Waals surface area contributed by atoms with Crippen LogP contribution in [-0.2, 0) is 4.79 Å². The zero-order valence-electron chi connectivity index (χ0n) is 9.44. The number of amides is 1. The summed E-state index contributed by atoms with van der Waals surface area (Å²) in [5, 5.41) is 11.1. The summed E-state index contributed by atoms with van der Waals surface area (Å²) in [4.78, 5) is 11.5. The van der Waals surface area contributed by atoms with E-state index in [1.54, 1.807) is 12.1 Å². The SMILES string of the molecule is C[C@H](NC(=O)CSCC#N)c1ccc(F)cc1. The maximum absolute atomic E-state index is 12.7. The summed E-state index contributed by atoms with van der Waals surface area (Å²) in [6.07, 6.45) is 0. The molecule has 0 spiro atoms. The Hall–Kier alpha value is -1.54. The summed E-state index contributed by atoms with van der Waals surface area (Å²) in [6, 6.07) is 7.80. The Balaban J connectivity index is 2.43. The third-order valence-electron chi connectivity index (χ3n) is 2.15. The number of nitrogens with one attached hydrogen (secondary N) is 1. The zero-order valence-corrected chi connectivity index (χ0v) is 10.3. The van der Waals surface area contributed by atoms with E-state index in [2.05, 4.69) is 5.32 Å². The van der Waals surface area contributed by atoms with Gasteiger partial charge in [0.2, 0.25) is 5.91 Å². The fourth-order valence-corrected chi connectivity index (χ4v) is 1.77. The van der Waals surface area contributed by atoms with Gasteiger partial charge in [-0.2, -0.15) is 5.26 Å². The Bertz CT molecular complexity index is 414. The van der Waals surface area contributed by atoms with Gasteiger partial charge >= 0.3 is 0 Å². The fourth-order valence-electron chi connectivity index (χ4n) is 1.31. The molecule has 0 radical (unpaired) electrons.